The Kier molecular flexibility index (Phi) is 6.54. The van der Waals surface area contributed by atoms with Crippen molar-refractivity contribution in [2.45, 2.75) is 45.2 Å². The van der Waals surface area contributed by atoms with Crippen molar-refractivity contribution >= 4 is 15.9 Å². The van der Waals surface area contributed by atoms with Crippen molar-refractivity contribution in [3.05, 3.63) is 86.8 Å². The molecule has 33 heavy (non-hydrogen) atoms. The molecule has 0 spiro atoms. The molecule has 2 heterocycles. The molecule has 0 fully saturated rings. The average molecular weight is 523 g/mol. The number of ether oxygens (including phenoxy) is 1. The molecule has 0 aliphatic carbocycles. The standard InChI is InChI=1S/C24H22BrF3N2O3/c1-3-18-23(32-19(29-18)12-14-5-4-6-16(11-14)24(26,27)28)21(31)20-13(2)30-33-22(20)15-7-9-17(25)10-8-15/h4-11,19,21,29,31H,3,12H2,1-2H3. The van der Waals surface area contributed by atoms with Gasteiger partial charge in [-0.15, -0.1) is 0 Å². The summed E-state index contributed by atoms with van der Waals surface area (Å²) >= 11 is 3.40. The molecule has 1 aliphatic heterocycles. The summed E-state index contributed by atoms with van der Waals surface area (Å²) in [5, 5.41) is 18.5. The van der Waals surface area contributed by atoms with Gasteiger partial charge in [0.25, 0.3) is 0 Å². The van der Waals surface area contributed by atoms with E-state index in [-0.39, 0.29) is 6.42 Å². The van der Waals surface area contributed by atoms with Crippen LogP contribution in [-0.4, -0.2) is 16.5 Å². The summed E-state index contributed by atoms with van der Waals surface area (Å²) in [5.41, 5.74) is 2.21. The predicted molar refractivity (Wildman–Crippen MR) is 120 cm³/mol. The smallest absolute Gasteiger partial charge is 0.416 e. The Balaban J connectivity index is 1.57. The fourth-order valence-corrected chi connectivity index (χ4v) is 4.11. The fourth-order valence-electron chi connectivity index (χ4n) is 3.85. The summed E-state index contributed by atoms with van der Waals surface area (Å²) in [5.74, 6) is 0.750. The zero-order valence-corrected chi connectivity index (χ0v) is 19.5. The lowest BCUT2D eigenvalue weighted by Gasteiger charge is -2.17. The van der Waals surface area contributed by atoms with Gasteiger partial charge in [-0.25, -0.2) is 0 Å². The lowest BCUT2D eigenvalue weighted by Crippen LogP contribution is -2.26. The zero-order chi connectivity index (χ0) is 23.8. The molecule has 4 rings (SSSR count). The van der Waals surface area contributed by atoms with Crippen molar-refractivity contribution < 1.29 is 27.5 Å². The van der Waals surface area contributed by atoms with Gasteiger partial charge < -0.3 is 19.7 Å². The van der Waals surface area contributed by atoms with Gasteiger partial charge in [0.2, 0.25) is 0 Å². The molecule has 0 saturated heterocycles. The molecule has 9 heteroatoms. The van der Waals surface area contributed by atoms with Gasteiger partial charge in [0.15, 0.2) is 17.7 Å². The SMILES string of the molecule is CCC1=C(C(O)c2c(C)noc2-c2ccc(Br)cc2)OC(Cc2cccc(C(F)(F)F)c2)N1. The lowest BCUT2D eigenvalue weighted by atomic mass is 10.00. The first-order valence-electron chi connectivity index (χ1n) is 10.4. The summed E-state index contributed by atoms with van der Waals surface area (Å²) in [7, 11) is 0. The van der Waals surface area contributed by atoms with E-state index >= 15 is 0 Å². The second-order valence-electron chi connectivity index (χ2n) is 7.77. The van der Waals surface area contributed by atoms with Gasteiger partial charge >= 0.3 is 6.18 Å². The van der Waals surface area contributed by atoms with Gasteiger partial charge in [0, 0.05) is 16.5 Å². The van der Waals surface area contributed by atoms with Gasteiger partial charge in [0.1, 0.15) is 6.10 Å². The Hall–Kier alpha value is -2.78. The third-order valence-corrected chi connectivity index (χ3v) is 6.00. The van der Waals surface area contributed by atoms with Gasteiger partial charge in [-0.05, 0) is 37.1 Å². The highest BCUT2D eigenvalue weighted by Gasteiger charge is 2.35. The first-order chi connectivity index (χ1) is 15.7. The monoisotopic (exact) mass is 522 g/mol. The average Bonchev–Trinajstić information content (AvgIpc) is 3.37. The Morgan fingerprint density at radius 3 is 2.58 bits per heavy atom. The molecule has 0 bridgehead atoms. The number of nitrogens with zero attached hydrogens (tertiary/aromatic N) is 1. The van der Waals surface area contributed by atoms with E-state index in [1.54, 1.807) is 13.0 Å². The second-order valence-corrected chi connectivity index (χ2v) is 8.69. The van der Waals surface area contributed by atoms with Gasteiger partial charge in [0.05, 0.1) is 22.5 Å². The fraction of sp³-hybridized carbons (Fsp3) is 0.292. The predicted octanol–water partition coefficient (Wildman–Crippen LogP) is 6.27. The summed E-state index contributed by atoms with van der Waals surface area (Å²) in [6.07, 6.45) is -5.42. The Morgan fingerprint density at radius 1 is 1.18 bits per heavy atom. The first kappa shape index (κ1) is 23.4. The quantitative estimate of drug-likeness (QED) is 0.399. The number of aliphatic hydroxyl groups excluding tert-OH is 1. The maximum Gasteiger partial charge on any atom is 0.416 e. The van der Waals surface area contributed by atoms with Crippen LogP contribution in [0.1, 0.15) is 41.8 Å². The van der Waals surface area contributed by atoms with Gasteiger partial charge in [-0.1, -0.05) is 58.3 Å². The molecule has 2 N–H and O–H groups in total. The minimum absolute atomic E-state index is 0.200. The second kappa shape index (κ2) is 9.23. The third-order valence-electron chi connectivity index (χ3n) is 5.47. The largest absolute Gasteiger partial charge is 0.470 e. The number of rotatable bonds is 6. The van der Waals surface area contributed by atoms with Gasteiger partial charge in [-0.3, -0.25) is 0 Å². The first-order valence-corrected chi connectivity index (χ1v) is 11.2. The number of hydrogen-bond donors (Lipinski definition) is 2. The molecule has 2 atom stereocenters. The minimum atomic E-state index is -4.41. The van der Waals surface area contributed by atoms with E-state index in [9.17, 15) is 18.3 Å². The maximum atomic E-state index is 13.1. The minimum Gasteiger partial charge on any atom is -0.470 e. The number of hydrogen-bond acceptors (Lipinski definition) is 5. The number of aliphatic hydroxyl groups is 1. The van der Waals surface area contributed by atoms with Crippen LogP contribution in [0.15, 0.2) is 69.0 Å². The van der Waals surface area contributed by atoms with E-state index in [1.807, 2.05) is 31.2 Å². The lowest BCUT2D eigenvalue weighted by molar-refractivity contribution is -0.137. The van der Waals surface area contributed by atoms with Crippen LogP contribution < -0.4 is 5.32 Å². The third kappa shape index (κ3) is 4.94. The van der Waals surface area contributed by atoms with E-state index in [0.717, 1.165) is 22.2 Å². The van der Waals surface area contributed by atoms with Crippen molar-refractivity contribution in [3.8, 4) is 11.3 Å². The number of benzene rings is 2. The van der Waals surface area contributed by atoms with E-state index in [2.05, 4.69) is 26.4 Å². The van der Waals surface area contributed by atoms with Crippen molar-refractivity contribution in [1.82, 2.24) is 10.5 Å². The summed E-state index contributed by atoms with van der Waals surface area (Å²) < 4.78 is 51.6. The number of aryl methyl sites for hydroxylation is 1. The molecule has 2 unspecified atom stereocenters. The molecular formula is C24H22BrF3N2O3. The molecule has 3 aromatic rings. The van der Waals surface area contributed by atoms with Crippen LogP contribution in [0.25, 0.3) is 11.3 Å². The highest BCUT2D eigenvalue weighted by atomic mass is 79.9. The number of alkyl halides is 3. The van der Waals surface area contributed by atoms with Gasteiger partial charge in [-0.2, -0.15) is 13.2 Å². The molecule has 174 valence electrons. The van der Waals surface area contributed by atoms with Crippen molar-refractivity contribution in [2.75, 3.05) is 0 Å². The van der Waals surface area contributed by atoms with E-state index in [1.165, 1.54) is 6.07 Å². The molecule has 2 aromatic carbocycles. The van der Waals surface area contributed by atoms with Crippen LogP contribution in [0, 0.1) is 6.92 Å². The molecule has 1 aliphatic rings. The van der Waals surface area contributed by atoms with E-state index in [0.29, 0.717) is 40.5 Å². The molecular weight excluding hydrogens is 501 g/mol. The highest BCUT2D eigenvalue weighted by molar-refractivity contribution is 9.10. The molecule has 1 aromatic heterocycles. The highest BCUT2D eigenvalue weighted by Crippen LogP contribution is 2.39. The topological polar surface area (TPSA) is 67.5 Å². The van der Waals surface area contributed by atoms with Crippen LogP contribution in [0.2, 0.25) is 0 Å². The van der Waals surface area contributed by atoms with Crippen LogP contribution in [-0.2, 0) is 17.3 Å². The van der Waals surface area contributed by atoms with Crippen molar-refractivity contribution in [2.24, 2.45) is 0 Å². The number of aromatic nitrogens is 1. The number of allylic oxidation sites excluding steroid dienone is 1. The Labute approximate surface area is 197 Å². The number of halogens is 4. The van der Waals surface area contributed by atoms with Crippen LogP contribution >= 0.6 is 15.9 Å². The normalized spacial score (nSPS) is 17.1. The van der Waals surface area contributed by atoms with Crippen molar-refractivity contribution in [1.29, 1.82) is 0 Å². The molecule has 0 saturated carbocycles. The Bertz CT molecular complexity index is 1170. The van der Waals surface area contributed by atoms with Crippen molar-refractivity contribution in [3.63, 3.8) is 0 Å². The summed E-state index contributed by atoms with van der Waals surface area (Å²) in [6, 6.07) is 12.6. The van der Waals surface area contributed by atoms with Crippen LogP contribution in [0.4, 0.5) is 13.2 Å². The molecule has 0 radical (unpaired) electrons. The molecule has 5 nitrogen and oxygen atoms in total. The summed E-state index contributed by atoms with van der Waals surface area (Å²) in [4.78, 5) is 0. The van der Waals surface area contributed by atoms with E-state index in [4.69, 9.17) is 9.26 Å². The number of nitrogens with one attached hydrogen (secondary N) is 1. The van der Waals surface area contributed by atoms with Crippen LogP contribution in [0.3, 0.4) is 0 Å². The molecule has 0 amide bonds. The summed E-state index contributed by atoms with van der Waals surface area (Å²) in [6.45, 7) is 3.64. The zero-order valence-electron chi connectivity index (χ0n) is 17.9. The van der Waals surface area contributed by atoms with Crippen LogP contribution in [0.5, 0.6) is 0 Å². The van der Waals surface area contributed by atoms with E-state index < -0.39 is 24.1 Å². The maximum absolute atomic E-state index is 13.1. The Morgan fingerprint density at radius 2 is 1.91 bits per heavy atom.